The van der Waals surface area contributed by atoms with Crippen LogP contribution in [0.5, 0.6) is 0 Å². The lowest BCUT2D eigenvalue weighted by atomic mass is 9.77. The van der Waals surface area contributed by atoms with Crippen LogP contribution in [0.25, 0.3) is 0 Å². The minimum absolute atomic E-state index is 0.177. The molecular formula is C18H27BrFN. The highest BCUT2D eigenvalue weighted by atomic mass is 79.9. The predicted molar refractivity (Wildman–Crippen MR) is 91.0 cm³/mol. The summed E-state index contributed by atoms with van der Waals surface area (Å²) in [5, 5.41) is 3.73. The van der Waals surface area contributed by atoms with Crippen LogP contribution in [0.15, 0.2) is 22.7 Å². The molecule has 1 N–H and O–H groups in total. The van der Waals surface area contributed by atoms with Crippen molar-refractivity contribution < 1.29 is 4.39 Å². The predicted octanol–water partition coefficient (Wildman–Crippen LogP) is 5.33. The molecule has 0 heterocycles. The molecule has 0 radical (unpaired) electrons. The molecule has 0 saturated heterocycles. The van der Waals surface area contributed by atoms with E-state index in [0.717, 1.165) is 31.2 Å². The summed E-state index contributed by atoms with van der Waals surface area (Å²) < 4.78 is 13.9. The molecule has 0 amide bonds. The molecule has 0 aromatic heterocycles. The smallest absolute Gasteiger partial charge is 0.137 e. The van der Waals surface area contributed by atoms with Gasteiger partial charge in [0.2, 0.25) is 0 Å². The van der Waals surface area contributed by atoms with Gasteiger partial charge in [-0.2, -0.15) is 0 Å². The summed E-state index contributed by atoms with van der Waals surface area (Å²) in [6, 6.07) is 5.95. The van der Waals surface area contributed by atoms with Gasteiger partial charge in [0.15, 0.2) is 0 Å². The molecule has 1 atom stereocenters. The Balaban J connectivity index is 2.02. The summed E-state index contributed by atoms with van der Waals surface area (Å²) in [4.78, 5) is 0. The zero-order chi connectivity index (χ0) is 15.2. The van der Waals surface area contributed by atoms with Crippen molar-refractivity contribution in [3.63, 3.8) is 0 Å². The third kappa shape index (κ3) is 5.07. The quantitative estimate of drug-likeness (QED) is 0.727. The highest BCUT2D eigenvalue weighted by Gasteiger charge is 2.25. The maximum Gasteiger partial charge on any atom is 0.137 e. The van der Waals surface area contributed by atoms with Gasteiger partial charge < -0.3 is 5.32 Å². The summed E-state index contributed by atoms with van der Waals surface area (Å²) in [5.41, 5.74) is 1.22. The van der Waals surface area contributed by atoms with Gasteiger partial charge in [-0.1, -0.05) is 32.8 Å². The Hall–Kier alpha value is -0.410. The molecule has 1 nitrogen and oxygen atoms in total. The molecule has 0 spiro atoms. The number of benzene rings is 1. The Bertz CT molecular complexity index is 441. The van der Waals surface area contributed by atoms with Crippen LogP contribution in [0.1, 0.15) is 51.5 Å². The zero-order valence-corrected chi connectivity index (χ0v) is 14.8. The lowest BCUT2D eigenvalue weighted by Crippen LogP contribution is -2.40. The van der Waals surface area contributed by atoms with E-state index >= 15 is 0 Å². The second-order valence-corrected chi connectivity index (χ2v) is 7.39. The SMILES string of the molecule is CCCNC(Cc1ccc(F)c(Br)c1)C1CCC(C)CC1. The van der Waals surface area contributed by atoms with E-state index in [1.807, 2.05) is 12.1 Å². The molecule has 2 rings (SSSR count). The topological polar surface area (TPSA) is 12.0 Å². The van der Waals surface area contributed by atoms with Gasteiger partial charge in [0.25, 0.3) is 0 Å². The maximum atomic E-state index is 13.4. The van der Waals surface area contributed by atoms with Crippen LogP contribution in [-0.2, 0) is 6.42 Å². The molecular weight excluding hydrogens is 329 g/mol. The van der Waals surface area contributed by atoms with E-state index in [2.05, 4.69) is 35.1 Å². The first-order chi connectivity index (χ1) is 10.1. The van der Waals surface area contributed by atoms with Gasteiger partial charge in [-0.05, 0) is 77.7 Å². The van der Waals surface area contributed by atoms with Gasteiger partial charge in [-0.25, -0.2) is 4.39 Å². The summed E-state index contributed by atoms with van der Waals surface area (Å²) in [6.07, 6.45) is 7.50. The summed E-state index contributed by atoms with van der Waals surface area (Å²) in [6.45, 7) is 5.64. The van der Waals surface area contributed by atoms with Crippen molar-refractivity contribution in [3.05, 3.63) is 34.1 Å². The molecule has 1 aliphatic rings. The molecule has 1 aromatic rings. The van der Waals surface area contributed by atoms with Gasteiger partial charge in [0, 0.05) is 6.04 Å². The normalized spacial score (nSPS) is 24.0. The number of hydrogen-bond donors (Lipinski definition) is 1. The Morgan fingerprint density at radius 2 is 2.00 bits per heavy atom. The zero-order valence-electron chi connectivity index (χ0n) is 13.2. The van der Waals surface area contributed by atoms with E-state index in [0.29, 0.717) is 10.5 Å². The Labute approximate surface area is 136 Å². The van der Waals surface area contributed by atoms with Crippen LogP contribution in [0.2, 0.25) is 0 Å². The van der Waals surface area contributed by atoms with E-state index in [4.69, 9.17) is 0 Å². The van der Waals surface area contributed by atoms with Gasteiger partial charge >= 0.3 is 0 Å². The first-order valence-electron chi connectivity index (χ1n) is 8.27. The Morgan fingerprint density at radius 1 is 1.29 bits per heavy atom. The largest absolute Gasteiger partial charge is 0.313 e. The van der Waals surface area contributed by atoms with E-state index in [-0.39, 0.29) is 5.82 Å². The molecule has 3 heteroatoms. The van der Waals surface area contributed by atoms with Crippen LogP contribution in [0.4, 0.5) is 4.39 Å². The average molecular weight is 356 g/mol. The fourth-order valence-electron chi connectivity index (χ4n) is 3.34. The van der Waals surface area contributed by atoms with Crippen LogP contribution >= 0.6 is 15.9 Å². The van der Waals surface area contributed by atoms with Crippen molar-refractivity contribution in [3.8, 4) is 0 Å². The first-order valence-corrected chi connectivity index (χ1v) is 9.06. The molecule has 1 saturated carbocycles. The van der Waals surface area contributed by atoms with Crippen molar-refractivity contribution in [2.45, 2.75) is 58.4 Å². The number of nitrogens with one attached hydrogen (secondary N) is 1. The first kappa shape index (κ1) is 17.0. The van der Waals surface area contributed by atoms with Crippen LogP contribution in [0.3, 0.4) is 0 Å². The van der Waals surface area contributed by atoms with Gasteiger partial charge in [-0.3, -0.25) is 0 Å². The van der Waals surface area contributed by atoms with E-state index in [1.165, 1.54) is 31.2 Å². The standard InChI is InChI=1S/C18H27BrFN/c1-3-10-21-18(15-7-4-13(2)5-8-15)12-14-6-9-17(20)16(19)11-14/h6,9,11,13,15,18,21H,3-5,7-8,10,12H2,1-2H3. The van der Waals surface area contributed by atoms with Crippen molar-refractivity contribution in [2.75, 3.05) is 6.54 Å². The van der Waals surface area contributed by atoms with Crippen molar-refractivity contribution in [1.82, 2.24) is 5.32 Å². The fourth-order valence-corrected chi connectivity index (χ4v) is 3.77. The lowest BCUT2D eigenvalue weighted by molar-refractivity contribution is 0.229. The van der Waals surface area contributed by atoms with E-state index in [1.54, 1.807) is 6.07 Å². The van der Waals surface area contributed by atoms with Crippen LogP contribution in [-0.4, -0.2) is 12.6 Å². The summed E-state index contributed by atoms with van der Waals surface area (Å²) in [7, 11) is 0. The van der Waals surface area contributed by atoms with Crippen molar-refractivity contribution >= 4 is 15.9 Å². The van der Waals surface area contributed by atoms with E-state index < -0.39 is 0 Å². The molecule has 1 aliphatic carbocycles. The molecule has 1 aromatic carbocycles. The number of rotatable bonds is 6. The van der Waals surface area contributed by atoms with Crippen LogP contribution in [0, 0.1) is 17.7 Å². The van der Waals surface area contributed by atoms with Crippen molar-refractivity contribution in [1.29, 1.82) is 0 Å². The minimum Gasteiger partial charge on any atom is -0.313 e. The minimum atomic E-state index is -0.177. The van der Waals surface area contributed by atoms with Crippen molar-refractivity contribution in [2.24, 2.45) is 11.8 Å². The van der Waals surface area contributed by atoms with E-state index in [9.17, 15) is 4.39 Å². The second kappa shape index (κ2) is 8.28. The molecule has 1 unspecified atom stereocenters. The average Bonchev–Trinajstić information content (AvgIpc) is 2.48. The summed E-state index contributed by atoms with van der Waals surface area (Å²) >= 11 is 3.30. The second-order valence-electron chi connectivity index (χ2n) is 6.53. The molecule has 1 fully saturated rings. The number of hydrogen-bond acceptors (Lipinski definition) is 1. The highest BCUT2D eigenvalue weighted by Crippen LogP contribution is 2.32. The highest BCUT2D eigenvalue weighted by molar-refractivity contribution is 9.10. The molecule has 21 heavy (non-hydrogen) atoms. The Kier molecular flexibility index (Phi) is 6.69. The van der Waals surface area contributed by atoms with Gasteiger partial charge in [0.1, 0.15) is 5.82 Å². The van der Waals surface area contributed by atoms with Gasteiger partial charge in [-0.15, -0.1) is 0 Å². The third-order valence-electron chi connectivity index (χ3n) is 4.73. The number of halogens is 2. The monoisotopic (exact) mass is 355 g/mol. The molecule has 0 aliphatic heterocycles. The lowest BCUT2D eigenvalue weighted by Gasteiger charge is -2.33. The molecule has 0 bridgehead atoms. The summed E-state index contributed by atoms with van der Waals surface area (Å²) in [5.74, 6) is 1.47. The van der Waals surface area contributed by atoms with Gasteiger partial charge in [0.05, 0.1) is 4.47 Å². The third-order valence-corrected chi connectivity index (χ3v) is 5.33. The Morgan fingerprint density at radius 3 is 2.62 bits per heavy atom. The fraction of sp³-hybridized carbons (Fsp3) is 0.667. The molecule has 118 valence electrons. The van der Waals surface area contributed by atoms with Crippen LogP contribution < -0.4 is 5.32 Å². The maximum absolute atomic E-state index is 13.4.